The number of ether oxygens (including phenoxy) is 2. The smallest absolute Gasteiger partial charge is 0.200 e. The van der Waals surface area contributed by atoms with Crippen LogP contribution in [0, 0.1) is 35.5 Å². The molecule has 3 saturated carbocycles. The molecule has 0 amide bonds. The van der Waals surface area contributed by atoms with Gasteiger partial charge in [0.05, 0.1) is 6.10 Å². The summed E-state index contributed by atoms with van der Waals surface area (Å²) in [4.78, 5) is 14.8. The van der Waals surface area contributed by atoms with Gasteiger partial charge in [-0.15, -0.1) is 0 Å². The van der Waals surface area contributed by atoms with E-state index in [1.807, 2.05) is 12.1 Å². The monoisotopic (exact) mass is 899 g/mol. The molecule has 12 heteroatoms. The number of aromatic hydroxyl groups is 6. The fraction of sp³-hybridized carbons (Fsp3) is 0.426. The highest BCUT2D eigenvalue weighted by Gasteiger charge is 2.61. The first-order valence-electron chi connectivity index (χ1n) is 23.4. The molecule has 10 unspecified atom stereocenters. The van der Waals surface area contributed by atoms with Gasteiger partial charge in [0.2, 0.25) is 5.75 Å². The first kappa shape index (κ1) is 45.2. The second kappa shape index (κ2) is 18.7. The first-order chi connectivity index (χ1) is 31.9. The summed E-state index contributed by atoms with van der Waals surface area (Å²) in [7, 11) is 0. The number of phenolic OH excluding ortho intramolecular Hbond substituents is 6. The number of fused-ring (bicyclic) bond motifs is 1. The normalized spacial score (nSPS) is 27.7. The van der Waals surface area contributed by atoms with Crippen molar-refractivity contribution in [1.82, 2.24) is 0 Å². The number of benzene rings is 5. The summed E-state index contributed by atoms with van der Waals surface area (Å²) in [5.74, 6) is -2.76. The van der Waals surface area contributed by atoms with E-state index in [0.29, 0.717) is 49.7 Å². The van der Waals surface area contributed by atoms with E-state index in [1.54, 1.807) is 48.5 Å². The molecule has 10 N–H and O–H groups in total. The van der Waals surface area contributed by atoms with Crippen molar-refractivity contribution >= 4 is 5.78 Å². The molecule has 2 bridgehead atoms. The van der Waals surface area contributed by atoms with Crippen molar-refractivity contribution in [1.29, 1.82) is 0 Å². The zero-order valence-electron chi connectivity index (χ0n) is 37.0. The van der Waals surface area contributed by atoms with Gasteiger partial charge in [0, 0.05) is 30.6 Å². The van der Waals surface area contributed by atoms with Crippen molar-refractivity contribution < 1.29 is 55.1 Å². The van der Waals surface area contributed by atoms with Gasteiger partial charge in [-0.3, -0.25) is 10.5 Å². The summed E-state index contributed by atoms with van der Waals surface area (Å²) >= 11 is 0. The van der Waals surface area contributed by atoms with E-state index in [-0.39, 0.29) is 108 Å². The minimum absolute atomic E-state index is 0.00510. The van der Waals surface area contributed by atoms with Gasteiger partial charge >= 0.3 is 0 Å². The molecule has 0 spiro atoms. The van der Waals surface area contributed by atoms with Gasteiger partial charge < -0.3 is 50.3 Å². The Balaban J connectivity index is 1.19. The van der Waals surface area contributed by atoms with Crippen molar-refractivity contribution in [2.24, 2.45) is 41.2 Å². The number of carbonyl (C=O) groups is 1. The maximum Gasteiger partial charge on any atom is 0.200 e. The average molecular weight is 900 g/mol. The summed E-state index contributed by atoms with van der Waals surface area (Å²) in [6, 6.07) is 28.3. The summed E-state index contributed by atoms with van der Waals surface area (Å²) in [6.45, 7) is -0.0507. The molecule has 348 valence electrons. The van der Waals surface area contributed by atoms with Crippen molar-refractivity contribution in [2.75, 3.05) is 13.3 Å². The molecule has 10 rings (SSSR count). The molecule has 3 fully saturated rings. The Morgan fingerprint density at radius 2 is 1.59 bits per heavy atom. The largest absolute Gasteiger partial charge is 0.508 e. The molecule has 5 aromatic carbocycles. The van der Waals surface area contributed by atoms with Crippen LogP contribution in [-0.4, -0.2) is 66.1 Å². The van der Waals surface area contributed by atoms with Gasteiger partial charge in [0.1, 0.15) is 36.4 Å². The predicted molar refractivity (Wildman–Crippen MR) is 247 cm³/mol. The molecule has 0 heterocycles. The second-order valence-corrected chi connectivity index (χ2v) is 19.4. The molecule has 0 radical (unpaired) electrons. The number of phenols is 6. The van der Waals surface area contributed by atoms with Crippen LogP contribution < -0.4 is 15.2 Å². The fourth-order valence-corrected chi connectivity index (χ4v) is 13.1. The Morgan fingerprint density at radius 1 is 0.788 bits per heavy atom. The Bertz CT molecular complexity index is 2550. The number of nitrogens with two attached hydrogens (primary N) is 1. The van der Waals surface area contributed by atoms with Crippen molar-refractivity contribution in [3.63, 3.8) is 0 Å². The third-order valence-electron chi connectivity index (χ3n) is 15.9. The fourth-order valence-electron chi connectivity index (χ4n) is 13.1. The average Bonchev–Trinajstić information content (AvgIpc) is 3.58. The SMILES string of the molecule is NCOc1cc(CCC(=O)C2CC(Cc3ccc(O)cc3O)C3CC4CC(C5(c6ccccc6)CCC(CCO)C5)C(c5cc(O)c(O)c(OCc6cccc(O)c6)c54)C3C2O)ccc1O. The van der Waals surface area contributed by atoms with Gasteiger partial charge in [0.25, 0.3) is 0 Å². The number of aliphatic hydroxyl groups is 2. The predicted octanol–water partition coefficient (Wildman–Crippen LogP) is 8.18. The highest BCUT2D eigenvalue weighted by molar-refractivity contribution is 5.82. The van der Waals surface area contributed by atoms with E-state index in [1.165, 1.54) is 17.7 Å². The Morgan fingerprint density at radius 3 is 2.35 bits per heavy atom. The third kappa shape index (κ3) is 8.50. The maximum absolute atomic E-state index is 14.8. The number of hydrogen-bond acceptors (Lipinski definition) is 12. The van der Waals surface area contributed by atoms with E-state index < -0.39 is 29.3 Å². The van der Waals surface area contributed by atoms with Crippen molar-refractivity contribution in [3.05, 3.63) is 130 Å². The number of carbonyl (C=O) groups excluding carboxylic acids is 1. The maximum atomic E-state index is 14.8. The van der Waals surface area contributed by atoms with E-state index >= 15 is 0 Å². The lowest BCUT2D eigenvalue weighted by Crippen LogP contribution is -2.51. The van der Waals surface area contributed by atoms with Crippen LogP contribution in [0.5, 0.6) is 46.0 Å². The highest BCUT2D eigenvalue weighted by atomic mass is 16.5. The van der Waals surface area contributed by atoms with E-state index in [2.05, 4.69) is 24.3 Å². The molecule has 5 aromatic rings. The van der Waals surface area contributed by atoms with Crippen LogP contribution >= 0.6 is 0 Å². The molecule has 12 nitrogen and oxygen atoms in total. The highest BCUT2D eigenvalue weighted by Crippen LogP contribution is 2.69. The summed E-state index contributed by atoms with van der Waals surface area (Å²) in [5, 5.41) is 88.9. The standard InChI is InChI=1S/C54H61NO11/c55-29-66-47-20-30(10-14-44(47)60)9-13-43(59)40-22-34(21-33-11-12-38(58)25-45(33)61)39-23-35-24-42(54(36-6-2-1-3-7-36)17-15-31(27-54)16-18-56)49(50(39)51(40)63)41-26-46(62)52(64)53(48(35)41)65-28-32-5-4-8-37(57)19-32/h1-8,10-12,14,19-20,25-26,31,34-35,39-40,42,49-51,56-58,60-64H,9,13,15-18,21-24,27-29,55H2. The van der Waals surface area contributed by atoms with Gasteiger partial charge in [-0.25, -0.2) is 0 Å². The lowest BCUT2D eigenvalue weighted by atomic mass is 9.52. The van der Waals surface area contributed by atoms with Crippen molar-refractivity contribution in [3.8, 4) is 46.0 Å². The number of ketones is 1. The van der Waals surface area contributed by atoms with Crippen LogP contribution in [0.3, 0.4) is 0 Å². The Labute approximate surface area is 384 Å². The van der Waals surface area contributed by atoms with Crippen LogP contribution in [0.15, 0.2) is 97.1 Å². The number of aliphatic hydroxyl groups excluding tert-OH is 2. The minimum atomic E-state index is -1.10. The topological polar surface area (TPSA) is 223 Å². The summed E-state index contributed by atoms with van der Waals surface area (Å²) < 4.78 is 11.9. The van der Waals surface area contributed by atoms with Crippen LogP contribution in [0.4, 0.5) is 0 Å². The van der Waals surface area contributed by atoms with Gasteiger partial charge in [-0.1, -0.05) is 54.6 Å². The van der Waals surface area contributed by atoms with Crippen LogP contribution in [-0.2, 0) is 29.7 Å². The Kier molecular flexibility index (Phi) is 12.8. The molecule has 5 aliphatic rings. The first-order valence-corrected chi connectivity index (χ1v) is 23.4. The number of aryl methyl sites for hydroxylation is 1. The molecule has 0 aliphatic heterocycles. The van der Waals surface area contributed by atoms with Crippen LogP contribution in [0.1, 0.15) is 96.6 Å². The molecular formula is C54H61NO11. The van der Waals surface area contributed by atoms with E-state index in [4.69, 9.17) is 15.2 Å². The van der Waals surface area contributed by atoms with Gasteiger partial charge in [-0.05, 0) is 169 Å². The minimum Gasteiger partial charge on any atom is -0.508 e. The number of Topliss-reactive ketones (excluding diaryl/α,β-unsaturated/α-hetero) is 1. The van der Waals surface area contributed by atoms with Gasteiger partial charge in [-0.2, -0.15) is 0 Å². The quantitative estimate of drug-likeness (QED) is 0.0359. The lowest BCUT2D eigenvalue weighted by molar-refractivity contribution is -0.136. The molecule has 66 heavy (non-hydrogen) atoms. The van der Waals surface area contributed by atoms with Gasteiger partial charge in [0.15, 0.2) is 23.0 Å². The summed E-state index contributed by atoms with van der Waals surface area (Å²) in [5.41, 5.74) is 10.00. The van der Waals surface area contributed by atoms with E-state index in [0.717, 1.165) is 36.0 Å². The molecule has 5 aliphatic carbocycles. The van der Waals surface area contributed by atoms with E-state index in [9.17, 15) is 45.6 Å². The molecule has 0 saturated heterocycles. The third-order valence-corrected chi connectivity index (χ3v) is 15.9. The zero-order valence-corrected chi connectivity index (χ0v) is 37.0. The zero-order chi connectivity index (χ0) is 46.3. The Hall–Kier alpha value is -5.95. The second-order valence-electron chi connectivity index (χ2n) is 19.4. The molecule has 0 aromatic heterocycles. The number of hydrogen-bond donors (Lipinski definition) is 9. The summed E-state index contributed by atoms with van der Waals surface area (Å²) in [6.07, 6.45) is 4.53. The molecule has 10 atom stereocenters. The number of rotatable bonds is 15. The van der Waals surface area contributed by atoms with Crippen LogP contribution in [0.2, 0.25) is 0 Å². The molecular weight excluding hydrogens is 839 g/mol. The van der Waals surface area contributed by atoms with Crippen molar-refractivity contribution in [2.45, 2.75) is 94.2 Å². The van der Waals surface area contributed by atoms with Crippen LogP contribution in [0.25, 0.3) is 0 Å². The lowest BCUT2D eigenvalue weighted by Gasteiger charge is -2.52.